The lowest BCUT2D eigenvalue weighted by atomic mass is 9.42. The van der Waals surface area contributed by atoms with Crippen LogP contribution in [0, 0.1) is 34.5 Å². The van der Waals surface area contributed by atoms with E-state index in [2.05, 4.69) is 11.8 Å². The fraction of sp³-hybridized carbons (Fsp3) is 0.800. The van der Waals surface area contributed by atoms with Gasteiger partial charge in [-0.05, 0) is 50.1 Å². The molecule has 12 heteroatoms. The standard InChI is InChI=1S/C35H51NO11/c1-8-36-16-32(17-41-3)21(37)14-22(43-5)34-20-15-33(40)29(47-31(39)18-10-12-19(42-4)13-11-18)23(20)35(46-9-2,28(38)30(33)45-7)24(27(34)36)25(44-6)26(32)34/h10-13,20-30,37-38,40H,8-9,14-17H2,1-7H3. The molecule has 5 saturated carbocycles. The highest BCUT2D eigenvalue weighted by molar-refractivity contribution is 5.89. The highest BCUT2D eigenvalue weighted by Gasteiger charge is 2.91. The molecular weight excluding hydrogens is 610 g/mol. The van der Waals surface area contributed by atoms with Crippen molar-refractivity contribution in [3.63, 3.8) is 0 Å². The minimum atomic E-state index is -1.74. The number of methoxy groups -OCH3 is 5. The largest absolute Gasteiger partial charge is 0.497 e. The van der Waals surface area contributed by atoms with E-state index in [1.165, 1.54) is 7.11 Å². The lowest BCUT2D eigenvalue weighted by molar-refractivity contribution is -0.330. The number of hydrogen-bond donors (Lipinski definition) is 3. The van der Waals surface area contributed by atoms with Crippen LogP contribution in [0.3, 0.4) is 0 Å². The maximum absolute atomic E-state index is 13.9. The minimum absolute atomic E-state index is 0.176. The number of aliphatic hydroxyl groups excluding tert-OH is 2. The van der Waals surface area contributed by atoms with E-state index >= 15 is 0 Å². The number of hydrogen-bond acceptors (Lipinski definition) is 12. The van der Waals surface area contributed by atoms with Crippen molar-refractivity contribution < 1.29 is 53.3 Å². The average molecular weight is 662 g/mol. The quantitative estimate of drug-likeness (QED) is 0.293. The zero-order valence-corrected chi connectivity index (χ0v) is 28.5. The Morgan fingerprint density at radius 3 is 2.28 bits per heavy atom. The van der Waals surface area contributed by atoms with Gasteiger partial charge in [0.1, 0.15) is 35.3 Å². The molecule has 7 bridgehead atoms. The summed E-state index contributed by atoms with van der Waals surface area (Å²) in [6.07, 6.45) is -4.56. The molecule has 1 aliphatic heterocycles. The molecule has 3 N–H and O–H groups in total. The zero-order chi connectivity index (χ0) is 33.7. The molecule has 1 aromatic carbocycles. The Morgan fingerprint density at radius 1 is 0.979 bits per heavy atom. The van der Waals surface area contributed by atoms with Gasteiger partial charge in [-0.3, -0.25) is 4.90 Å². The molecule has 1 spiro atoms. The van der Waals surface area contributed by atoms with Gasteiger partial charge >= 0.3 is 5.97 Å². The van der Waals surface area contributed by atoms with Crippen LogP contribution in [0.4, 0.5) is 0 Å². The Balaban J connectivity index is 1.48. The lowest BCUT2D eigenvalue weighted by Crippen LogP contribution is -2.81. The van der Waals surface area contributed by atoms with Gasteiger partial charge in [0.2, 0.25) is 0 Å². The van der Waals surface area contributed by atoms with E-state index in [-0.39, 0.29) is 30.9 Å². The third-order valence-electron chi connectivity index (χ3n) is 13.6. The summed E-state index contributed by atoms with van der Waals surface area (Å²) >= 11 is 0. The Hall–Kier alpha value is -1.87. The van der Waals surface area contributed by atoms with Crippen LogP contribution in [0.15, 0.2) is 24.3 Å². The van der Waals surface area contributed by atoms with Crippen LogP contribution >= 0.6 is 0 Å². The second kappa shape index (κ2) is 11.6. The van der Waals surface area contributed by atoms with E-state index in [1.807, 2.05) is 6.92 Å². The Labute approximate surface area is 276 Å². The van der Waals surface area contributed by atoms with Crippen molar-refractivity contribution in [2.24, 2.45) is 34.5 Å². The van der Waals surface area contributed by atoms with Crippen molar-refractivity contribution in [2.45, 2.75) is 80.6 Å². The van der Waals surface area contributed by atoms with Gasteiger partial charge in [-0.25, -0.2) is 4.79 Å². The molecule has 12 nitrogen and oxygen atoms in total. The first kappa shape index (κ1) is 33.6. The number of ether oxygens (including phenoxy) is 7. The number of piperidine rings is 1. The van der Waals surface area contributed by atoms with Gasteiger partial charge in [0.25, 0.3) is 0 Å². The van der Waals surface area contributed by atoms with Gasteiger partial charge in [-0.2, -0.15) is 0 Å². The summed E-state index contributed by atoms with van der Waals surface area (Å²) in [7, 11) is 8.06. The molecule has 6 aliphatic rings. The SMILES string of the molecule is CCOC12C(O)C(OC)C3(O)CC(C1C3OC(=O)c1ccc(OC)cc1)C13C(OC)CC(O)C4(COC)CN(CC)C1C2C(OC)C43. The van der Waals surface area contributed by atoms with Crippen LogP contribution in [0.2, 0.25) is 0 Å². The van der Waals surface area contributed by atoms with Crippen LogP contribution in [0.5, 0.6) is 5.75 Å². The third-order valence-corrected chi connectivity index (χ3v) is 13.6. The zero-order valence-electron chi connectivity index (χ0n) is 28.5. The maximum Gasteiger partial charge on any atom is 0.338 e. The summed E-state index contributed by atoms with van der Waals surface area (Å²) < 4.78 is 43.5. The second-order valence-electron chi connectivity index (χ2n) is 14.6. The number of esters is 1. The number of nitrogens with zero attached hydrogens (tertiary/aromatic N) is 1. The first-order valence-electron chi connectivity index (χ1n) is 17.0. The molecule has 15 unspecified atom stereocenters. The van der Waals surface area contributed by atoms with E-state index in [0.29, 0.717) is 37.4 Å². The Kier molecular flexibility index (Phi) is 8.30. The number of carbonyl (C=O) groups is 1. The fourth-order valence-corrected chi connectivity index (χ4v) is 12.5. The second-order valence-corrected chi connectivity index (χ2v) is 14.6. The van der Waals surface area contributed by atoms with Gasteiger partial charge in [-0.1, -0.05) is 6.92 Å². The molecule has 262 valence electrons. The van der Waals surface area contributed by atoms with E-state index < -0.39 is 76.5 Å². The Bertz CT molecular complexity index is 1350. The summed E-state index contributed by atoms with van der Waals surface area (Å²) in [6, 6.07) is 6.45. The molecule has 15 atom stereocenters. The van der Waals surface area contributed by atoms with E-state index in [9.17, 15) is 20.1 Å². The number of likely N-dealkylation sites (tertiary alicyclic amines) is 1. The summed E-state index contributed by atoms with van der Waals surface area (Å²) in [5, 5.41) is 37.5. The van der Waals surface area contributed by atoms with Gasteiger partial charge in [-0.15, -0.1) is 0 Å². The average Bonchev–Trinajstić information content (AvgIpc) is 3.44. The highest BCUT2D eigenvalue weighted by atomic mass is 16.6. The normalized spacial score (nSPS) is 49.2. The van der Waals surface area contributed by atoms with Crippen molar-refractivity contribution >= 4 is 5.97 Å². The number of carbonyl (C=O) groups excluding carboxylic acids is 1. The first-order chi connectivity index (χ1) is 22.6. The molecule has 0 aromatic heterocycles. The predicted molar refractivity (Wildman–Crippen MR) is 167 cm³/mol. The molecule has 47 heavy (non-hydrogen) atoms. The lowest BCUT2D eigenvalue weighted by Gasteiger charge is -2.70. The van der Waals surface area contributed by atoms with Crippen molar-refractivity contribution in [1.29, 1.82) is 0 Å². The van der Waals surface area contributed by atoms with Crippen LogP contribution in [-0.4, -0.2) is 142 Å². The monoisotopic (exact) mass is 661 g/mol. The van der Waals surface area contributed by atoms with Gasteiger partial charge in [0.05, 0.1) is 37.6 Å². The van der Waals surface area contributed by atoms with E-state index in [1.54, 1.807) is 52.7 Å². The molecule has 5 aliphatic carbocycles. The maximum atomic E-state index is 13.9. The molecule has 1 saturated heterocycles. The van der Waals surface area contributed by atoms with Crippen molar-refractivity contribution in [3.05, 3.63) is 29.8 Å². The molecular formula is C35H51NO11. The molecule has 0 radical (unpaired) electrons. The Morgan fingerprint density at radius 2 is 1.70 bits per heavy atom. The van der Waals surface area contributed by atoms with E-state index in [0.717, 1.165) is 0 Å². The van der Waals surface area contributed by atoms with Crippen LogP contribution in [0.1, 0.15) is 37.0 Å². The summed E-state index contributed by atoms with van der Waals surface area (Å²) in [6.45, 7) is 5.81. The summed E-state index contributed by atoms with van der Waals surface area (Å²) in [5.74, 6) is -1.71. The minimum Gasteiger partial charge on any atom is -0.497 e. The molecule has 1 aromatic rings. The molecule has 7 rings (SSSR count). The van der Waals surface area contributed by atoms with Crippen molar-refractivity contribution in [1.82, 2.24) is 4.90 Å². The van der Waals surface area contributed by atoms with Gasteiger partial charge in [0.15, 0.2) is 0 Å². The summed E-state index contributed by atoms with van der Waals surface area (Å²) in [4.78, 5) is 16.3. The topological polar surface area (TPSA) is 146 Å². The van der Waals surface area contributed by atoms with E-state index in [4.69, 9.17) is 33.2 Å². The third kappa shape index (κ3) is 3.88. The van der Waals surface area contributed by atoms with Crippen LogP contribution < -0.4 is 4.74 Å². The smallest absolute Gasteiger partial charge is 0.338 e. The van der Waals surface area contributed by atoms with Crippen molar-refractivity contribution in [2.75, 3.05) is 61.9 Å². The number of aliphatic hydroxyl groups is 3. The highest BCUT2D eigenvalue weighted by Crippen LogP contribution is 2.80. The first-order valence-corrected chi connectivity index (χ1v) is 17.0. The number of fused-ring (bicyclic) bond motifs is 2. The van der Waals surface area contributed by atoms with Crippen LogP contribution in [0.25, 0.3) is 0 Å². The van der Waals surface area contributed by atoms with Gasteiger partial charge < -0.3 is 48.5 Å². The number of benzene rings is 1. The summed E-state index contributed by atoms with van der Waals surface area (Å²) in [5.41, 5.74) is -4.16. The van der Waals surface area contributed by atoms with Gasteiger partial charge in [0, 0.05) is 82.6 Å². The molecule has 0 amide bonds. The van der Waals surface area contributed by atoms with Crippen LogP contribution in [-0.2, 0) is 28.4 Å². The molecule has 6 fully saturated rings. The predicted octanol–water partition coefficient (Wildman–Crippen LogP) is 1.13. The fourth-order valence-electron chi connectivity index (χ4n) is 12.5. The number of rotatable bonds is 11. The van der Waals surface area contributed by atoms with Crippen molar-refractivity contribution in [3.8, 4) is 5.75 Å². The molecule has 1 heterocycles.